The number of anilines is 1. The van der Waals surface area contributed by atoms with Gasteiger partial charge in [-0.1, -0.05) is 73.7 Å². The number of rotatable bonds is 9. The van der Waals surface area contributed by atoms with Crippen molar-refractivity contribution in [1.82, 2.24) is 23.7 Å². The van der Waals surface area contributed by atoms with Crippen molar-refractivity contribution in [2.24, 2.45) is 0 Å². The molecule has 1 saturated carbocycles. The summed E-state index contributed by atoms with van der Waals surface area (Å²) in [7, 11) is -3.82. The molecule has 7 rings (SSSR count). The molecule has 2 aliphatic rings. The van der Waals surface area contributed by atoms with Crippen molar-refractivity contribution in [2.45, 2.75) is 62.6 Å². The summed E-state index contributed by atoms with van der Waals surface area (Å²) in [6.07, 6.45) is 8.20. The molecule has 1 saturated heterocycles. The molecule has 5 aromatic rings. The van der Waals surface area contributed by atoms with E-state index in [1.165, 1.54) is 3.97 Å². The molecule has 1 N–H and O–H groups in total. The highest BCUT2D eigenvalue weighted by Gasteiger charge is 2.31. The zero-order valence-electron chi connectivity index (χ0n) is 27.7. The number of carbonyl (C=O) groups is 1. The Bertz CT molecular complexity index is 2010. The van der Waals surface area contributed by atoms with Crippen molar-refractivity contribution in [3.05, 3.63) is 108 Å². The Balaban J connectivity index is 1.04. The Hall–Kier alpha value is -4.74. The van der Waals surface area contributed by atoms with Gasteiger partial charge in [-0.2, -0.15) is 0 Å². The van der Waals surface area contributed by atoms with Gasteiger partial charge in [0, 0.05) is 61.6 Å². The second kappa shape index (κ2) is 14.4. The molecule has 1 aliphatic heterocycles. The summed E-state index contributed by atoms with van der Waals surface area (Å²) in [6.45, 7) is 5.29. The molecule has 2 aromatic heterocycles. The maximum atomic E-state index is 13.8. The fraction of sp³-hybridized carbons (Fsp3) is 0.342. The maximum Gasteiger partial charge on any atom is 0.410 e. The fourth-order valence-corrected chi connectivity index (χ4v) is 8.49. The Morgan fingerprint density at radius 2 is 1.63 bits per heavy atom. The molecule has 2 unspecified atom stereocenters. The van der Waals surface area contributed by atoms with E-state index in [-0.39, 0.29) is 23.6 Å². The van der Waals surface area contributed by atoms with E-state index in [9.17, 15) is 13.2 Å². The molecule has 254 valence electrons. The van der Waals surface area contributed by atoms with Crippen molar-refractivity contribution in [2.75, 3.05) is 31.5 Å². The van der Waals surface area contributed by atoms with E-state index in [4.69, 9.17) is 14.7 Å². The predicted octanol–water partition coefficient (Wildman–Crippen LogP) is 6.58. The summed E-state index contributed by atoms with van der Waals surface area (Å²) in [5, 5.41) is 4.44. The van der Waals surface area contributed by atoms with Crippen molar-refractivity contribution in [3.63, 3.8) is 0 Å². The van der Waals surface area contributed by atoms with E-state index in [2.05, 4.69) is 17.1 Å². The molecule has 0 spiro atoms. The van der Waals surface area contributed by atoms with Crippen LogP contribution in [-0.4, -0.2) is 76.5 Å². The van der Waals surface area contributed by atoms with Crippen LogP contribution in [0.4, 0.5) is 10.7 Å². The summed E-state index contributed by atoms with van der Waals surface area (Å²) in [5.41, 5.74) is 4.04. The van der Waals surface area contributed by atoms with Gasteiger partial charge in [0.1, 0.15) is 6.61 Å². The lowest BCUT2D eigenvalue weighted by Gasteiger charge is -2.42. The molecule has 1 aliphatic carbocycles. The first kappa shape index (κ1) is 32.8. The summed E-state index contributed by atoms with van der Waals surface area (Å²) >= 11 is 0. The number of para-hydroxylation sites is 1. The quantitative estimate of drug-likeness (QED) is 0.186. The van der Waals surface area contributed by atoms with E-state index in [1.54, 1.807) is 30.5 Å². The molecule has 11 heteroatoms. The van der Waals surface area contributed by atoms with Crippen molar-refractivity contribution in [1.29, 1.82) is 0 Å². The third kappa shape index (κ3) is 7.04. The van der Waals surface area contributed by atoms with Crippen LogP contribution in [0.2, 0.25) is 0 Å². The molecule has 2 fully saturated rings. The second-order valence-electron chi connectivity index (χ2n) is 12.8. The maximum absolute atomic E-state index is 13.8. The van der Waals surface area contributed by atoms with Gasteiger partial charge < -0.3 is 15.0 Å². The average molecular weight is 679 g/mol. The predicted molar refractivity (Wildman–Crippen MR) is 191 cm³/mol. The largest absolute Gasteiger partial charge is 0.445 e. The third-order valence-corrected chi connectivity index (χ3v) is 11.4. The van der Waals surface area contributed by atoms with Gasteiger partial charge in [0.15, 0.2) is 0 Å². The van der Waals surface area contributed by atoms with Crippen LogP contribution in [0.25, 0.3) is 22.2 Å². The summed E-state index contributed by atoms with van der Waals surface area (Å²) in [5.74, 6) is 0.548. The van der Waals surface area contributed by atoms with E-state index in [1.807, 2.05) is 71.8 Å². The fourth-order valence-electron chi connectivity index (χ4n) is 7.10. The number of carbonyl (C=O) groups excluding carboxylic acids is 1. The highest BCUT2D eigenvalue weighted by atomic mass is 32.2. The number of aromatic nitrogens is 3. The molecular formula is C38H42N6O4S. The number of nitrogens with zero attached hydrogens (tertiary/aromatic N) is 5. The van der Waals surface area contributed by atoms with Crippen LogP contribution < -0.4 is 5.32 Å². The van der Waals surface area contributed by atoms with E-state index in [0.717, 1.165) is 66.5 Å². The molecule has 0 bridgehead atoms. The second-order valence-corrected chi connectivity index (χ2v) is 14.6. The minimum atomic E-state index is -3.82. The van der Waals surface area contributed by atoms with Crippen LogP contribution >= 0.6 is 0 Å². The Morgan fingerprint density at radius 3 is 2.39 bits per heavy atom. The Morgan fingerprint density at radius 1 is 0.918 bits per heavy atom. The van der Waals surface area contributed by atoms with Gasteiger partial charge in [-0.05, 0) is 61.4 Å². The zero-order chi connectivity index (χ0) is 33.8. The summed E-state index contributed by atoms with van der Waals surface area (Å²) < 4.78 is 34.5. The zero-order valence-corrected chi connectivity index (χ0v) is 28.6. The summed E-state index contributed by atoms with van der Waals surface area (Å²) in [4.78, 5) is 27.0. The van der Waals surface area contributed by atoms with Gasteiger partial charge in [0.2, 0.25) is 5.95 Å². The number of hydrogen-bond acceptors (Lipinski definition) is 8. The van der Waals surface area contributed by atoms with Crippen molar-refractivity contribution >= 4 is 33.0 Å². The lowest BCUT2D eigenvalue weighted by molar-refractivity contribution is 0.0518. The SMILES string of the molecule is CCc1cnc(NC2CCCC(N3CCN(C(=O)OCc4ccccc4)CC3)C2)nc1-c1cn(S(=O)(=O)c2ccccc2)c2ccccc12. The first-order chi connectivity index (χ1) is 23.9. The van der Waals surface area contributed by atoms with Crippen LogP contribution in [0.15, 0.2) is 102 Å². The first-order valence-electron chi connectivity index (χ1n) is 17.1. The van der Waals surface area contributed by atoms with Crippen LogP contribution in [0.1, 0.15) is 43.7 Å². The van der Waals surface area contributed by atoms with Crippen LogP contribution in [0.3, 0.4) is 0 Å². The van der Waals surface area contributed by atoms with Gasteiger partial charge >= 0.3 is 6.09 Å². The van der Waals surface area contributed by atoms with Gasteiger partial charge in [-0.3, -0.25) is 4.90 Å². The van der Waals surface area contributed by atoms with Gasteiger partial charge in [0.25, 0.3) is 10.0 Å². The Kier molecular flexibility index (Phi) is 9.63. The highest BCUT2D eigenvalue weighted by molar-refractivity contribution is 7.90. The van der Waals surface area contributed by atoms with Crippen molar-refractivity contribution < 1.29 is 17.9 Å². The van der Waals surface area contributed by atoms with E-state index >= 15 is 0 Å². The van der Waals surface area contributed by atoms with E-state index in [0.29, 0.717) is 37.0 Å². The number of ether oxygens (including phenoxy) is 1. The number of aryl methyl sites for hydroxylation is 1. The lowest BCUT2D eigenvalue weighted by Crippen LogP contribution is -2.53. The van der Waals surface area contributed by atoms with Gasteiger partial charge in [0.05, 0.1) is 16.1 Å². The average Bonchev–Trinajstić information content (AvgIpc) is 3.55. The third-order valence-electron chi connectivity index (χ3n) is 9.75. The highest BCUT2D eigenvalue weighted by Crippen LogP contribution is 2.35. The van der Waals surface area contributed by atoms with Crippen LogP contribution in [-0.2, 0) is 27.8 Å². The number of piperazine rings is 1. The number of amides is 1. The van der Waals surface area contributed by atoms with E-state index < -0.39 is 10.0 Å². The van der Waals surface area contributed by atoms with Crippen LogP contribution in [0.5, 0.6) is 0 Å². The monoisotopic (exact) mass is 678 g/mol. The smallest absolute Gasteiger partial charge is 0.410 e. The van der Waals surface area contributed by atoms with Gasteiger partial charge in [-0.25, -0.2) is 27.2 Å². The van der Waals surface area contributed by atoms with Crippen LogP contribution in [0, 0.1) is 0 Å². The molecule has 49 heavy (non-hydrogen) atoms. The van der Waals surface area contributed by atoms with Crippen molar-refractivity contribution in [3.8, 4) is 11.3 Å². The molecule has 3 aromatic carbocycles. The molecule has 10 nitrogen and oxygen atoms in total. The minimum Gasteiger partial charge on any atom is -0.445 e. The first-order valence-corrected chi connectivity index (χ1v) is 18.6. The molecule has 0 radical (unpaired) electrons. The number of nitrogens with one attached hydrogen (secondary N) is 1. The minimum absolute atomic E-state index is 0.202. The van der Waals surface area contributed by atoms with Gasteiger partial charge in [-0.15, -0.1) is 0 Å². The molecule has 3 heterocycles. The number of fused-ring (bicyclic) bond motifs is 1. The number of benzene rings is 3. The standard InChI is InChI=1S/C38H42N6O4S/c1-2-29-25-39-37(41-36(29)34-26-44(35-19-10-9-18-33(34)35)49(46,47)32-16-7-4-8-17-32)40-30-14-11-15-31(24-30)42-20-22-43(23-21-42)38(45)48-27-28-12-5-3-6-13-28/h3-10,12-13,16-19,25-26,30-31H,2,11,14-15,20-24,27H2,1H3,(H,39,40,41). The Labute approximate surface area is 287 Å². The summed E-state index contributed by atoms with van der Waals surface area (Å²) in [6, 6.07) is 26.4. The lowest BCUT2D eigenvalue weighted by atomic mass is 9.89. The molecule has 1 amide bonds. The topological polar surface area (TPSA) is 110 Å². The number of hydrogen-bond donors (Lipinski definition) is 1. The molecule has 2 atom stereocenters. The molecular weight excluding hydrogens is 637 g/mol. The normalized spacial score (nSPS) is 18.8.